The normalized spacial score (nSPS) is 18.2. The molecule has 2 fully saturated rings. The van der Waals surface area contributed by atoms with Gasteiger partial charge in [0.25, 0.3) is 0 Å². The van der Waals surface area contributed by atoms with E-state index in [0.717, 1.165) is 39.3 Å². The van der Waals surface area contributed by atoms with Crippen LogP contribution in [-0.4, -0.2) is 88.2 Å². The standard InChI is InChI=1S/C56H74B2N2O5/c1-41(2)54(62)65-34-33-64-31-28-60(36-43-16-8-10-18-45(43)53-24-26-56(5,6)40-58-53)38-51-48-21-13-11-19-46(48)50(47-20-12-14-22-49(47)51)37-59(27-30-63-32-29-61)35-42-15-7-9-17-44(42)52-23-25-55(3,4)39-57-52/h7-22,52-53,57-58,61H,1,23-40H2,2-6H3. The summed E-state index contributed by atoms with van der Waals surface area (Å²) in [6, 6.07) is 36.3. The van der Waals surface area contributed by atoms with Gasteiger partial charge in [0.1, 0.15) is 21.2 Å². The smallest absolute Gasteiger partial charge is 0.333 e. The Morgan fingerprint density at radius 2 is 1.03 bits per heavy atom. The van der Waals surface area contributed by atoms with Gasteiger partial charge in [0.15, 0.2) is 0 Å². The lowest BCUT2D eigenvalue weighted by Gasteiger charge is -2.35. The van der Waals surface area contributed by atoms with E-state index in [4.69, 9.17) is 14.2 Å². The third kappa shape index (κ3) is 13.2. The van der Waals surface area contributed by atoms with Crippen molar-refractivity contribution in [3.8, 4) is 0 Å². The van der Waals surface area contributed by atoms with Crippen LogP contribution in [0.25, 0.3) is 21.5 Å². The Balaban J connectivity index is 1.20. The fraction of sp³-hybridized carbons (Fsp3) is 0.482. The van der Waals surface area contributed by atoms with E-state index in [1.54, 1.807) is 6.92 Å². The van der Waals surface area contributed by atoms with Crippen molar-refractivity contribution in [3.63, 3.8) is 0 Å². The first-order valence-electron chi connectivity index (χ1n) is 24.5. The van der Waals surface area contributed by atoms with Gasteiger partial charge in [0.2, 0.25) is 0 Å². The molecule has 2 heterocycles. The monoisotopic (exact) mass is 877 g/mol. The summed E-state index contributed by atoms with van der Waals surface area (Å²) in [4.78, 5) is 17.2. The molecule has 7 rings (SSSR count). The number of rotatable bonds is 22. The zero-order chi connectivity index (χ0) is 45.8. The molecule has 2 unspecified atom stereocenters. The van der Waals surface area contributed by atoms with E-state index in [9.17, 15) is 9.90 Å². The number of hydrogen-bond donors (Lipinski definition) is 1. The van der Waals surface area contributed by atoms with Crippen LogP contribution in [0.3, 0.4) is 0 Å². The largest absolute Gasteiger partial charge is 0.460 e. The second-order valence-corrected chi connectivity index (χ2v) is 20.6. The Morgan fingerprint density at radius 3 is 1.43 bits per heavy atom. The summed E-state index contributed by atoms with van der Waals surface area (Å²) < 4.78 is 17.4. The van der Waals surface area contributed by atoms with Crippen molar-refractivity contribution < 1.29 is 24.1 Å². The number of fused-ring (bicyclic) bond motifs is 2. The lowest BCUT2D eigenvalue weighted by molar-refractivity contribution is -0.140. The topological polar surface area (TPSA) is 71.5 Å². The Bertz CT molecular complexity index is 2290. The molecule has 2 saturated heterocycles. The molecule has 2 atom stereocenters. The molecule has 5 aromatic rings. The van der Waals surface area contributed by atoms with Gasteiger partial charge in [0.05, 0.1) is 33.0 Å². The molecule has 65 heavy (non-hydrogen) atoms. The summed E-state index contributed by atoms with van der Waals surface area (Å²) >= 11 is 0. The van der Waals surface area contributed by atoms with Gasteiger partial charge >= 0.3 is 5.97 Å². The van der Waals surface area contributed by atoms with E-state index < -0.39 is 0 Å². The Hall–Kier alpha value is -4.24. The molecule has 0 bridgehead atoms. The highest BCUT2D eigenvalue weighted by Gasteiger charge is 2.31. The number of ether oxygens (including phenoxy) is 3. The molecule has 0 saturated carbocycles. The van der Waals surface area contributed by atoms with E-state index in [1.165, 1.54) is 108 Å². The lowest BCUT2D eigenvalue weighted by atomic mass is 9.47. The van der Waals surface area contributed by atoms with E-state index >= 15 is 0 Å². The van der Waals surface area contributed by atoms with Gasteiger partial charge in [-0.2, -0.15) is 0 Å². The minimum atomic E-state index is -0.383. The van der Waals surface area contributed by atoms with Crippen LogP contribution in [0, 0.1) is 10.8 Å². The lowest BCUT2D eigenvalue weighted by Crippen LogP contribution is -2.30. The van der Waals surface area contributed by atoms with E-state index in [2.05, 4.69) is 141 Å². The van der Waals surface area contributed by atoms with Crippen LogP contribution in [0.15, 0.2) is 109 Å². The van der Waals surface area contributed by atoms with Crippen LogP contribution in [0.4, 0.5) is 0 Å². The highest BCUT2D eigenvalue weighted by Crippen LogP contribution is 2.42. The number of aliphatic hydroxyl groups is 1. The van der Waals surface area contributed by atoms with Crippen molar-refractivity contribution in [1.82, 2.24) is 9.80 Å². The zero-order valence-electron chi connectivity index (χ0n) is 40.2. The number of benzene rings is 5. The van der Waals surface area contributed by atoms with Gasteiger partial charge in [-0.25, -0.2) is 4.79 Å². The number of carbonyl (C=O) groups is 1. The fourth-order valence-electron chi connectivity index (χ4n) is 10.6. The van der Waals surface area contributed by atoms with E-state index in [0.29, 0.717) is 54.5 Å². The molecule has 2 aliphatic heterocycles. The van der Waals surface area contributed by atoms with Gasteiger partial charge in [-0.05, 0) is 97.2 Å². The number of hydrogen-bond acceptors (Lipinski definition) is 7. The van der Waals surface area contributed by atoms with Gasteiger partial charge in [0, 0.05) is 44.8 Å². The summed E-state index contributed by atoms with van der Waals surface area (Å²) in [7, 11) is 2.46. The summed E-state index contributed by atoms with van der Waals surface area (Å²) in [5.41, 5.74) is 9.68. The second kappa shape index (κ2) is 23.0. The molecule has 9 heteroatoms. The molecule has 0 aliphatic carbocycles. The fourth-order valence-corrected chi connectivity index (χ4v) is 10.6. The Morgan fingerprint density at radius 1 is 0.615 bits per heavy atom. The maximum Gasteiger partial charge on any atom is 0.333 e. The number of aliphatic hydroxyl groups excluding tert-OH is 1. The van der Waals surface area contributed by atoms with Crippen molar-refractivity contribution in [2.75, 3.05) is 52.7 Å². The molecule has 0 radical (unpaired) electrons. The van der Waals surface area contributed by atoms with Crippen LogP contribution in [0.5, 0.6) is 0 Å². The Kier molecular flexibility index (Phi) is 17.2. The van der Waals surface area contributed by atoms with Crippen LogP contribution < -0.4 is 0 Å². The van der Waals surface area contributed by atoms with Crippen LogP contribution in [0.1, 0.15) is 105 Å². The molecule has 0 aromatic heterocycles. The number of esters is 1. The van der Waals surface area contributed by atoms with Gasteiger partial charge < -0.3 is 19.3 Å². The van der Waals surface area contributed by atoms with Crippen molar-refractivity contribution >= 4 is 42.1 Å². The second-order valence-electron chi connectivity index (χ2n) is 20.6. The van der Waals surface area contributed by atoms with E-state index in [1.807, 2.05) is 0 Å². The third-order valence-electron chi connectivity index (χ3n) is 14.5. The van der Waals surface area contributed by atoms with Gasteiger partial charge in [-0.15, -0.1) is 0 Å². The van der Waals surface area contributed by atoms with Crippen LogP contribution >= 0.6 is 0 Å². The summed E-state index contributed by atoms with van der Waals surface area (Å²) in [5, 5.41) is 14.7. The predicted octanol–water partition coefficient (Wildman–Crippen LogP) is 10.6. The molecule has 5 aromatic carbocycles. The van der Waals surface area contributed by atoms with Crippen LogP contribution in [0.2, 0.25) is 12.6 Å². The maximum absolute atomic E-state index is 12.0. The van der Waals surface area contributed by atoms with E-state index in [-0.39, 0.29) is 19.2 Å². The molecular weight excluding hydrogens is 802 g/mol. The molecule has 0 amide bonds. The van der Waals surface area contributed by atoms with Crippen molar-refractivity contribution in [1.29, 1.82) is 0 Å². The highest BCUT2D eigenvalue weighted by molar-refractivity contribution is 6.38. The van der Waals surface area contributed by atoms with Crippen molar-refractivity contribution in [2.24, 2.45) is 10.8 Å². The maximum atomic E-state index is 12.0. The molecule has 0 spiro atoms. The molecule has 7 nitrogen and oxygen atoms in total. The van der Waals surface area contributed by atoms with Crippen molar-refractivity contribution in [3.05, 3.63) is 143 Å². The average molecular weight is 877 g/mol. The summed E-state index contributed by atoms with van der Waals surface area (Å²) in [5.74, 6) is 0.772. The van der Waals surface area contributed by atoms with Crippen molar-refractivity contribution in [2.45, 2.75) is 111 Å². The highest BCUT2D eigenvalue weighted by atomic mass is 16.6. The molecule has 1 N–H and O–H groups in total. The number of carbonyl (C=O) groups excluding carboxylic acids is 1. The first-order valence-corrected chi connectivity index (χ1v) is 24.5. The molecular formula is C56H74B2N2O5. The number of nitrogens with zero attached hydrogens (tertiary/aromatic N) is 2. The minimum Gasteiger partial charge on any atom is -0.460 e. The summed E-state index contributed by atoms with van der Waals surface area (Å²) in [6.07, 6.45) is 7.49. The first-order chi connectivity index (χ1) is 31.4. The summed E-state index contributed by atoms with van der Waals surface area (Å²) in [6.45, 7) is 21.7. The first kappa shape index (κ1) is 48.7. The molecule has 2 aliphatic rings. The van der Waals surface area contributed by atoms with Crippen LogP contribution in [-0.2, 0) is 45.2 Å². The molecule has 344 valence electrons. The predicted molar refractivity (Wildman–Crippen MR) is 272 cm³/mol. The minimum absolute atomic E-state index is 0.0239. The zero-order valence-corrected chi connectivity index (χ0v) is 40.2. The van der Waals surface area contributed by atoms with Gasteiger partial charge in [-0.1, -0.05) is 157 Å². The Labute approximate surface area is 391 Å². The quantitative estimate of drug-likeness (QED) is 0.0244. The van der Waals surface area contributed by atoms with Gasteiger partial charge in [-0.3, -0.25) is 9.80 Å². The third-order valence-corrected chi connectivity index (χ3v) is 14.5. The SMILES string of the molecule is C=C(C)C(=O)OCCOCCN(Cc1ccccc1C1BCC(C)(C)CC1)Cc1c2ccccc2c(CN(CCOCCO)Cc2ccccc2C2BCC(C)(C)CC2)c2ccccc12. The average Bonchev–Trinajstić information content (AvgIpc) is 3.30.